The first kappa shape index (κ1) is 20.0. The second-order valence-electron chi connectivity index (χ2n) is 7.24. The van der Waals surface area contributed by atoms with Crippen LogP contribution in [0.25, 0.3) is 21.5 Å². The number of thiazole rings is 1. The maximum Gasteiger partial charge on any atom is 0.188 e. The number of anilines is 4. The molecule has 0 saturated carbocycles. The third kappa shape index (κ3) is 4.38. The average Bonchev–Trinajstić information content (AvgIpc) is 3.20. The number of benzene rings is 3. The normalized spacial score (nSPS) is 10.8. The summed E-state index contributed by atoms with van der Waals surface area (Å²) in [5.41, 5.74) is 4.76. The Bertz CT molecular complexity index is 1380. The van der Waals surface area contributed by atoms with E-state index in [1.807, 2.05) is 85.8 Å². The highest BCUT2D eigenvalue weighted by atomic mass is 32.1. The summed E-state index contributed by atoms with van der Waals surface area (Å²) >= 11 is 1.59. The first-order valence-electron chi connectivity index (χ1n) is 10.2. The molecular formula is C25H21N5OS. The number of nitrogens with zero attached hydrogens (tertiary/aromatic N) is 3. The van der Waals surface area contributed by atoms with Crippen molar-refractivity contribution in [1.29, 1.82) is 0 Å². The van der Waals surface area contributed by atoms with E-state index in [0.29, 0.717) is 5.82 Å². The number of hydrogen-bond acceptors (Lipinski definition) is 7. The van der Waals surface area contributed by atoms with Gasteiger partial charge in [-0.3, -0.25) is 0 Å². The zero-order valence-electron chi connectivity index (χ0n) is 17.7. The van der Waals surface area contributed by atoms with Crippen molar-refractivity contribution >= 4 is 43.9 Å². The summed E-state index contributed by atoms with van der Waals surface area (Å²) < 4.78 is 6.38. The predicted octanol–water partition coefficient (Wildman–Crippen LogP) is 6.56. The van der Waals surface area contributed by atoms with Crippen LogP contribution in [-0.4, -0.2) is 22.1 Å². The van der Waals surface area contributed by atoms with Gasteiger partial charge in [-0.25, -0.2) is 15.0 Å². The lowest BCUT2D eigenvalue weighted by Crippen LogP contribution is -1.99. The summed E-state index contributed by atoms with van der Waals surface area (Å²) in [7, 11) is 1.67. The highest BCUT2D eigenvalue weighted by Gasteiger charge is 2.08. The van der Waals surface area contributed by atoms with Crippen molar-refractivity contribution in [2.45, 2.75) is 6.92 Å². The van der Waals surface area contributed by atoms with Crippen molar-refractivity contribution < 1.29 is 4.74 Å². The first-order chi connectivity index (χ1) is 15.7. The van der Waals surface area contributed by atoms with Gasteiger partial charge in [-0.1, -0.05) is 47.7 Å². The van der Waals surface area contributed by atoms with E-state index in [-0.39, 0.29) is 0 Å². The Morgan fingerprint density at radius 1 is 0.781 bits per heavy atom. The fraction of sp³-hybridized carbons (Fsp3) is 0.0800. The van der Waals surface area contributed by atoms with Crippen molar-refractivity contribution in [3.63, 3.8) is 0 Å². The molecule has 2 N–H and O–H groups in total. The van der Waals surface area contributed by atoms with Crippen LogP contribution in [0.2, 0.25) is 0 Å². The number of aromatic nitrogens is 3. The summed E-state index contributed by atoms with van der Waals surface area (Å²) in [5, 5.41) is 7.63. The van der Waals surface area contributed by atoms with E-state index in [2.05, 4.69) is 25.6 Å². The summed E-state index contributed by atoms with van der Waals surface area (Å²) in [5.74, 6) is 2.29. The largest absolute Gasteiger partial charge is 0.497 e. The zero-order chi connectivity index (χ0) is 21.9. The molecule has 0 bridgehead atoms. The summed E-state index contributed by atoms with van der Waals surface area (Å²) in [4.78, 5) is 13.8. The number of nitrogens with one attached hydrogen (secondary N) is 2. The Morgan fingerprint density at radius 3 is 2.41 bits per heavy atom. The maximum absolute atomic E-state index is 5.31. The molecule has 0 unspecified atom stereocenters. The van der Waals surface area contributed by atoms with E-state index >= 15 is 0 Å². The number of aryl methyl sites for hydroxylation is 1. The van der Waals surface area contributed by atoms with E-state index in [9.17, 15) is 0 Å². The van der Waals surface area contributed by atoms with Gasteiger partial charge in [0.15, 0.2) is 5.13 Å². The molecule has 0 fully saturated rings. The van der Waals surface area contributed by atoms with Gasteiger partial charge in [-0.15, -0.1) is 0 Å². The quantitative estimate of drug-likeness (QED) is 0.312. The SMILES string of the molecule is COc1ccc2nc(Nc3cccc(Nc4cc(-c5ccccc5)nc(C)n4)c3)sc2c1. The molecule has 0 aliphatic heterocycles. The van der Waals surface area contributed by atoms with Crippen LogP contribution < -0.4 is 15.4 Å². The predicted molar refractivity (Wildman–Crippen MR) is 131 cm³/mol. The number of ether oxygens (including phenoxy) is 1. The van der Waals surface area contributed by atoms with Crippen molar-refractivity contribution in [3.05, 3.63) is 84.7 Å². The smallest absolute Gasteiger partial charge is 0.188 e. The van der Waals surface area contributed by atoms with Crippen molar-refractivity contribution in [2.75, 3.05) is 17.7 Å². The van der Waals surface area contributed by atoms with E-state index < -0.39 is 0 Å². The van der Waals surface area contributed by atoms with Gasteiger partial charge in [0.1, 0.15) is 17.4 Å². The van der Waals surface area contributed by atoms with Gasteiger partial charge in [0.25, 0.3) is 0 Å². The van der Waals surface area contributed by atoms with E-state index in [1.165, 1.54) is 0 Å². The van der Waals surface area contributed by atoms with Crippen molar-refractivity contribution in [3.8, 4) is 17.0 Å². The molecule has 6 nitrogen and oxygen atoms in total. The fourth-order valence-electron chi connectivity index (χ4n) is 3.42. The van der Waals surface area contributed by atoms with Gasteiger partial charge in [0, 0.05) is 23.0 Å². The Kier molecular flexibility index (Phi) is 5.39. The highest BCUT2D eigenvalue weighted by Crippen LogP contribution is 2.32. The average molecular weight is 440 g/mol. The fourth-order valence-corrected chi connectivity index (χ4v) is 4.33. The lowest BCUT2D eigenvalue weighted by atomic mass is 10.1. The Balaban J connectivity index is 1.37. The summed E-state index contributed by atoms with van der Waals surface area (Å²) in [6.07, 6.45) is 0. The van der Waals surface area contributed by atoms with Crippen LogP contribution in [0.4, 0.5) is 22.3 Å². The van der Waals surface area contributed by atoms with Crippen LogP contribution >= 0.6 is 11.3 Å². The molecule has 0 aliphatic carbocycles. The number of methoxy groups -OCH3 is 1. The molecule has 158 valence electrons. The zero-order valence-corrected chi connectivity index (χ0v) is 18.5. The van der Waals surface area contributed by atoms with Crippen molar-refractivity contribution in [2.24, 2.45) is 0 Å². The number of fused-ring (bicyclic) bond motifs is 1. The van der Waals surface area contributed by atoms with Crippen LogP contribution in [0, 0.1) is 6.92 Å². The lowest BCUT2D eigenvalue weighted by molar-refractivity contribution is 0.415. The maximum atomic E-state index is 5.31. The second kappa shape index (κ2) is 8.64. The van der Waals surface area contributed by atoms with Gasteiger partial charge in [0.05, 0.1) is 23.0 Å². The molecular weight excluding hydrogens is 418 g/mol. The molecule has 7 heteroatoms. The molecule has 0 saturated heterocycles. The molecule has 0 amide bonds. The third-order valence-corrected chi connectivity index (χ3v) is 5.82. The van der Waals surface area contributed by atoms with Gasteiger partial charge in [-0.05, 0) is 43.3 Å². The molecule has 2 heterocycles. The molecule has 3 aromatic carbocycles. The minimum atomic E-state index is 0.716. The molecule has 0 atom stereocenters. The van der Waals surface area contributed by atoms with Gasteiger partial charge in [-0.2, -0.15) is 0 Å². The molecule has 32 heavy (non-hydrogen) atoms. The van der Waals surface area contributed by atoms with E-state index in [0.717, 1.165) is 49.5 Å². The standard InChI is InChI=1S/C25H21N5OS/c1-16-26-22(17-7-4-3-5-8-17)15-24(27-16)28-18-9-6-10-19(13-18)29-25-30-21-12-11-20(31-2)14-23(21)32-25/h3-15H,1-2H3,(H,29,30)(H,26,27,28). The van der Waals surface area contributed by atoms with Gasteiger partial charge < -0.3 is 15.4 Å². The highest BCUT2D eigenvalue weighted by molar-refractivity contribution is 7.22. The van der Waals surface area contributed by atoms with Crippen LogP contribution in [0.5, 0.6) is 5.75 Å². The van der Waals surface area contributed by atoms with E-state index in [4.69, 9.17) is 4.74 Å². The number of hydrogen-bond donors (Lipinski definition) is 2. The third-order valence-electron chi connectivity index (χ3n) is 4.89. The Morgan fingerprint density at radius 2 is 1.59 bits per heavy atom. The van der Waals surface area contributed by atoms with Crippen molar-refractivity contribution in [1.82, 2.24) is 15.0 Å². The molecule has 0 aliphatic rings. The summed E-state index contributed by atoms with van der Waals surface area (Å²) in [6.45, 7) is 1.90. The van der Waals surface area contributed by atoms with Crippen LogP contribution in [-0.2, 0) is 0 Å². The Labute approximate surface area is 190 Å². The lowest BCUT2D eigenvalue weighted by Gasteiger charge is -2.10. The molecule has 5 rings (SSSR count). The topological polar surface area (TPSA) is 72.0 Å². The van der Waals surface area contributed by atoms with Crippen LogP contribution in [0.3, 0.4) is 0 Å². The van der Waals surface area contributed by atoms with Crippen LogP contribution in [0.15, 0.2) is 78.9 Å². The molecule has 5 aromatic rings. The van der Waals surface area contributed by atoms with Crippen LogP contribution in [0.1, 0.15) is 5.82 Å². The van der Waals surface area contributed by atoms with Gasteiger partial charge in [0.2, 0.25) is 0 Å². The molecule has 0 radical (unpaired) electrons. The van der Waals surface area contributed by atoms with E-state index in [1.54, 1.807) is 18.4 Å². The molecule has 2 aromatic heterocycles. The minimum Gasteiger partial charge on any atom is -0.497 e. The monoisotopic (exact) mass is 439 g/mol. The first-order valence-corrected chi connectivity index (χ1v) is 11.0. The minimum absolute atomic E-state index is 0.716. The number of rotatable bonds is 6. The second-order valence-corrected chi connectivity index (χ2v) is 8.27. The summed E-state index contributed by atoms with van der Waals surface area (Å²) in [6, 6.07) is 26.0. The van der Waals surface area contributed by atoms with Gasteiger partial charge >= 0.3 is 0 Å². The Hall–Kier alpha value is -3.97. The molecule has 0 spiro atoms.